The van der Waals surface area contributed by atoms with E-state index < -0.39 is 0 Å². The van der Waals surface area contributed by atoms with Gasteiger partial charge in [0.15, 0.2) is 0 Å². The summed E-state index contributed by atoms with van der Waals surface area (Å²) in [4.78, 5) is 22.3. The largest absolute Gasteiger partial charge is 0.342 e. The van der Waals surface area contributed by atoms with Gasteiger partial charge in [-0.25, -0.2) is 0 Å². The summed E-state index contributed by atoms with van der Waals surface area (Å²) >= 11 is 0. The molecule has 0 aliphatic carbocycles. The first-order valence-electron chi connectivity index (χ1n) is 7.15. The van der Waals surface area contributed by atoms with Crippen molar-refractivity contribution in [3.63, 3.8) is 0 Å². The molecular formula is C15H18N4O2. The summed E-state index contributed by atoms with van der Waals surface area (Å²) in [7, 11) is 0. The fourth-order valence-corrected chi connectivity index (χ4v) is 2.57. The Morgan fingerprint density at radius 2 is 2.14 bits per heavy atom. The van der Waals surface area contributed by atoms with Crippen molar-refractivity contribution in [1.82, 2.24) is 20.0 Å². The van der Waals surface area contributed by atoms with E-state index >= 15 is 0 Å². The average Bonchev–Trinajstić information content (AvgIpc) is 3.07. The van der Waals surface area contributed by atoms with E-state index in [1.54, 1.807) is 12.4 Å². The minimum absolute atomic E-state index is 0.000614. The average molecular weight is 286 g/mol. The van der Waals surface area contributed by atoms with Crippen molar-refractivity contribution < 1.29 is 9.32 Å². The summed E-state index contributed by atoms with van der Waals surface area (Å²) in [5, 5.41) is 4.00. The van der Waals surface area contributed by atoms with E-state index in [9.17, 15) is 4.79 Å². The van der Waals surface area contributed by atoms with Crippen LogP contribution < -0.4 is 0 Å². The Hall–Kier alpha value is -2.24. The Kier molecular flexibility index (Phi) is 3.68. The molecule has 0 saturated carbocycles. The molecule has 0 bridgehead atoms. The van der Waals surface area contributed by atoms with Gasteiger partial charge < -0.3 is 9.42 Å². The highest BCUT2D eigenvalue weighted by atomic mass is 16.5. The lowest BCUT2D eigenvalue weighted by Gasteiger charge is -2.18. The quantitative estimate of drug-likeness (QED) is 0.860. The predicted octanol–water partition coefficient (Wildman–Crippen LogP) is 2.10. The van der Waals surface area contributed by atoms with Crippen LogP contribution in [0, 0.1) is 5.92 Å². The molecule has 3 rings (SSSR count). The summed E-state index contributed by atoms with van der Waals surface area (Å²) in [6.45, 7) is 5.65. The molecule has 0 N–H and O–H groups in total. The molecule has 0 spiro atoms. The SMILES string of the molecule is CC(C)CN1C[C@@H](c2nc(-c3ccncc3)no2)CC1=O. The standard InChI is InChI=1S/C15H18N4O2/c1-10(2)8-19-9-12(7-13(19)20)15-17-14(18-21-15)11-3-5-16-6-4-11/h3-6,10,12H,7-9H2,1-2H3/t12-/m0/s1. The molecular weight excluding hydrogens is 268 g/mol. The van der Waals surface area contributed by atoms with Crippen molar-refractivity contribution in [1.29, 1.82) is 0 Å². The Morgan fingerprint density at radius 3 is 2.86 bits per heavy atom. The maximum absolute atomic E-state index is 12.0. The van der Waals surface area contributed by atoms with E-state index in [0.29, 0.717) is 30.6 Å². The number of rotatable bonds is 4. The minimum atomic E-state index is -0.000614. The van der Waals surface area contributed by atoms with Crippen LogP contribution in [-0.4, -0.2) is 39.0 Å². The third-order valence-corrected chi connectivity index (χ3v) is 3.53. The molecule has 21 heavy (non-hydrogen) atoms. The van der Waals surface area contributed by atoms with Gasteiger partial charge in [0.25, 0.3) is 0 Å². The van der Waals surface area contributed by atoms with Gasteiger partial charge in [0.2, 0.25) is 17.6 Å². The maximum atomic E-state index is 12.0. The number of likely N-dealkylation sites (tertiary alicyclic amines) is 1. The Bertz CT molecular complexity index is 624. The van der Waals surface area contributed by atoms with Gasteiger partial charge in [0.05, 0.1) is 5.92 Å². The van der Waals surface area contributed by atoms with Crippen LogP contribution in [0.25, 0.3) is 11.4 Å². The van der Waals surface area contributed by atoms with Crippen LogP contribution in [-0.2, 0) is 4.79 Å². The van der Waals surface area contributed by atoms with Crippen molar-refractivity contribution in [2.45, 2.75) is 26.2 Å². The second-order valence-corrected chi connectivity index (χ2v) is 5.79. The van der Waals surface area contributed by atoms with Gasteiger partial charge in [-0.3, -0.25) is 9.78 Å². The fraction of sp³-hybridized carbons (Fsp3) is 0.467. The van der Waals surface area contributed by atoms with E-state index in [0.717, 1.165) is 12.1 Å². The molecule has 110 valence electrons. The third kappa shape index (κ3) is 2.94. The number of carbonyl (C=O) groups excluding carboxylic acids is 1. The molecule has 1 amide bonds. The topological polar surface area (TPSA) is 72.1 Å². The first kappa shape index (κ1) is 13.7. The van der Waals surface area contributed by atoms with Gasteiger partial charge in [-0.15, -0.1) is 0 Å². The monoisotopic (exact) mass is 286 g/mol. The first-order valence-corrected chi connectivity index (χ1v) is 7.15. The number of hydrogen-bond donors (Lipinski definition) is 0. The van der Waals surface area contributed by atoms with Crippen molar-refractivity contribution in [3.05, 3.63) is 30.4 Å². The van der Waals surface area contributed by atoms with Crippen molar-refractivity contribution in [3.8, 4) is 11.4 Å². The van der Waals surface area contributed by atoms with Gasteiger partial charge in [-0.05, 0) is 18.1 Å². The summed E-state index contributed by atoms with van der Waals surface area (Å²) < 4.78 is 5.34. The van der Waals surface area contributed by atoms with E-state index in [2.05, 4.69) is 29.0 Å². The van der Waals surface area contributed by atoms with Crippen LogP contribution in [0.1, 0.15) is 32.1 Å². The molecule has 1 aliphatic rings. The van der Waals surface area contributed by atoms with Gasteiger partial charge in [0.1, 0.15) is 0 Å². The fourth-order valence-electron chi connectivity index (χ4n) is 2.57. The number of amides is 1. The van der Waals surface area contributed by atoms with Crippen LogP contribution in [0.15, 0.2) is 29.0 Å². The summed E-state index contributed by atoms with van der Waals surface area (Å²) in [6.07, 6.45) is 3.83. The number of pyridine rings is 1. The molecule has 0 unspecified atom stereocenters. The normalized spacial score (nSPS) is 18.7. The molecule has 1 saturated heterocycles. The lowest BCUT2D eigenvalue weighted by atomic mass is 10.1. The Balaban J connectivity index is 1.74. The smallest absolute Gasteiger partial charge is 0.232 e. The van der Waals surface area contributed by atoms with Crippen molar-refractivity contribution in [2.24, 2.45) is 5.92 Å². The molecule has 6 nitrogen and oxygen atoms in total. The van der Waals surface area contributed by atoms with Crippen LogP contribution in [0.4, 0.5) is 0 Å². The lowest BCUT2D eigenvalue weighted by molar-refractivity contribution is -0.128. The van der Waals surface area contributed by atoms with Crippen molar-refractivity contribution >= 4 is 5.91 Å². The summed E-state index contributed by atoms with van der Waals surface area (Å²) in [5.74, 6) is 1.71. The highest BCUT2D eigenvalue weighted by Crippen LogP contribution is 2.28. The zero-order valence-electron chi connectivity index (χ0n) is 12.2. The van der Waals surface area contributed by atoms with E-state index in [1.165, 1.54) is 0 Å². The molecule has 1 fully saturated rings. The zero-order valence-corrected chi connectivity index (χ0v) is 12.2. The third-order valence-electron chi connectivity index (χ3n) is 3.53. The number of hydrogen-bond acceptors (Lipinski definition) is 5. The zero-order chi connectivity index (χ0) is 14.8. The summed E-state index contributed by atoms with van der Waals surface area (Å²) in [6, 6.07) is 3.67. The molecule has 0 radical (unpaired) electrons. The van der Waals surface area contributed by atoms with Crippen LogP contribution >= 0.6 is 0 Å². The molecule has 2 aromatic rings. The Labute approximate surface area is 123 Å². The van der Waals surface area contributed by atoms with Crippen molar-refractivity contribution in [2.75, 3.05) is 13.1 Å². The van der Waals surface area contributed by atoms with Gasteiger partial charge in [0, 0.05) is 37.5 Å². The second kappa shape index (κ2) is 5.63. The Morgan fingerprint density at radius 1 is 1.38 bits per heavy atom. The van der Waals surface area contributed by atoms with Gasteiger partial charge in [-0.2, -0.15) is 4.98 Å². The number of nitrogens with zero attached hydrogens (tertiary/aromatic N) is 4. The minimum Gasteiger partial charge on any atom is -0.342 e. The van der Waals surface area contributed by atoms with Crippen LogP contribution in [0.5, 0.6) is 0 Å². The highest BCUT2D eigenvalue weighted by molar-refractivity contribution is 5.79. The second-order valence-electron chi connectivity index (χ2n) is 5.79. The van der Waals surface area contributed by atoms with E-state index in [1.807, 2.05) is 17.0 Å². The molecule has 6 heteroatoms. The molecule has 3 heterocycles. The predicted molar refractivity (Wildman–Crippen MR) is 76.3 cm³/mol. The molecule has 2 aromatic heterocycles. The molecule has 1 atom stereocenters. The van der Waals surface area contributed by atoms with Gasteiger partial charge in [-0.1, -0.05) is 19.0 Å². The first-order chi connectivity index (χ1) is 10.1. The van der Waals surface area contributed by atoms with E-state index in [4.69, 9.17) is 4.52 Å². The lowest BCUT2D eigenvalue weighted by Crippen LogP contribution is -2.29. The number of aromatic nitrogens is 3. The molecule has 0 aromatic carbocycles. The van der Waals surface area contributed by atoms with E-state index in [-0.39, 0.29) is 11.8 Å². The maximum Gasteiger partial charge on any atom is 0.232 e. The van der Waals surface area contributed by atoms with Crippen LogP contribution in [0.3, 0.4) is 0 Å². The highest BCUT2D eigenvalue weighted by Gasteiger charge is 2.34. The molecule has 1 aliphatic heterocycles. The van der Waals surface area contributed by atoms with Crippen LogP contribution in [0.2, 0.25) is 0 Å². The summed E-state index contributed by atoms with van der Waals surface area (Å²) in [5.41, 5.74) is 0.864. The van der Waals surface area contributed by atoms with Gasteiger partial charge >= 0.3 is 0 Å². The number of carbonyl (C=O) groups is 1.